The summed E-state index contributed by atoms with van der Waals surface area (Å²) in [6, 6.07) is 10.9. The highest BCUT2D eigenvalue weighted by Gasteiger charge is 2.16. The number of hydrogen-bond donors (Lipinski definition) is 1. The third-order valence-corrected chi connectivity index (χ3v) is 2.82. The summed E-state index contributed by atoms with van der Waals surface area (Å²) in [4.78, 5) is 22.1. The van der Waals surface area contributed by atoms with Gasteiger partial charge in [0.15, 0.2) is 6.10 Å². The summed E-state index contributed by atoms with van der Waals surface area (Å²) in [5.74, 6) is -0.519. The molecule has 0 fully saturated rings. The predicted octanol–water partition coefficient (Wildman–Crippen LogP) is 3.14. The van der Waals surface area contributed by atoms with Gasteiger partial charge >= 0.3 is 0 Å². The first-order valence-corrected chi connectivity index (χ1v) is 6.43. The Hall–Kier alpha value is -2.96. The zero-order valence-corrected chi connectivity index (χ0v) is 11.7. The summed E-state index contributed by atoms with van der Waals surface area (Å²) in [7, 11) is 0. The van der Waals surface area contributed by atoms with Crippen LogP contribution in [0.1, 0.15) is 6.92 Å². The molecule has 0 aliphatic rings. The molecule has 0 aromatic heterocycles. The lowest BCUT2D eigenvalue weighted by molar-refractivity contribution is -0.384. The van der Waals surface area contributed by atoms with Crippen molar-refractivity contribution >= 4 is 17.3 Å². The van der Waals surface area contributed by atoms with Crippen molar-refractivity contribution in [1.82, 2.24) is 0 Å². The molecule has 0 unspecified atom stereocenters. The van der Waals surface area contributed by atoms with Crippen molar-refractivity contribution in [3.05, 3.63) is 64.5 Å². The van der Waals surface area contributed by atoms with Crippen LogP contribution < -0.4 is 10.1 Å². The molecule has 114 valence electrons. The Morgan fingerprint density at radius 1 is 1.27 bits per heavy atom. The SMILES string of the molecule is C[C@@H](Oc1ccc(F)cc1)C(=O)Nc1cccc([N+](=O)[O-])c1. The van der Waals surface area contributed by atoms with Gasteiger partial charge in [-0.15, -0.1) is 0 Å². The van der Waals surface area contributed by atoms with Crippen LogP contribution in [-0.4, -0.2) is 16.9 Å². The van der Waals surface area contributed by atoms with Crippen LogP contribution >= 0.6 is 0 Å². The molecule has 1 atom stereocenters. The molecule has 0 aliphatic carbocycles. The maximum Gasteiger partial charge on any atom is 0.271 e. The topological polar surface area (TPSA) is 81.5 Å². The van der Waals surface area contributed by atoms with Gasteiger partial charge in [0.1, 0.15) is 11.6 Å². The lowest BCUT2D eigenvalue weighted by Gasteiger charge is -2.14. The summed E-state index contributed by atoms with van der Waals surface area (Å²) in [5, 5.41) is 13.2. The number of carbonyl (C=O) groups is 1. The summed E-state index contributed by atoms with van der Waals surface area (Å²) in [6.45, 7) is 1.52. The van der Waals surface area contributed by atoms with Crippen LogP contribution in [0, 0.1) is 15.9 Å². The number of nitrogens with one attached hydrogen (secondary N) is 1. The van der Waals surface area contributed by atoms with E-state index in [0.29, 0.717) is 11.4 Å². The maximum atomic E-state index is 12.8. The highest BCUT2D eigenvalue weighted by molar-refractivity contribution is 5.94. The Morgan fingerprint density at radius 3 is 2.59 bits per heavy atom. The van der Waals surface area contributed by atoms with Crippen molar-refractivity contribution in [3.8, 4) is 5.75 Å². The van der Waals surface area contributed by atoms with E-state index in [1.807, 2.05) is 0 Å². The van der Waals surface area contributed by atoms with E-state index in [4.69, 9.17) is 4.74 Å². The van der Waals surface area contributed by atoms with Gasteiger partial charge in [-0.3, -0.25) is 14.9 Å². The average Bonchev–Trinajstić information content (AvgIpc) is 2.49. The van der Waals surface area contributed by atoms with E-state index in [0.717, 1.165) is 0 Å². The van der Waals surface area contributed by atoms with Crippen molar-refractivity contribution in [2.24, 2.45) is 0 Å². The van der Waals surface area contributed by atoms with E-state index in [1.165, 1.54) is 55.5 Å². The molecule has 0 spiro atoms. The average molecular weight is 304 g/mol. The molecule has 0 heterocycles. The van der Waals surface area contributed by atoms with Gasteiger partial charge < -0.3 is 10.1 Å². The van der Waals surface area contributed by atoms with E-state index < -0.39 is 22.8 Å². The number of amides is 1. The fourth-order valence-electron chi connectivity index (χ4n) is 1.71. The minimum atomic E-state index is -0.843. The standard InChI is InChI=1S/C15H13FN2O4/c1-10(22-14-7-5-11(16)6-8-14)15(19)17-12-3-2-4-13(9-12)18(20)21/h2-10H,1H3,(H,17,19)/t10-/m1/s1. The number of hydrogen-bond acceptors (Lipinski definition) is 4. The largest absolute Gasteiger partial charge is 0.481 e. The molecule has 7 heteroatoms. The van der Waals surface area contributed by atoms with Gasteiger partial charge in [0, 0.05) is 17.8 Å². The molecule has 0 saturated heterocycles. The van der Waals surface area contributed by atoms with E-state index in [1.54, 1.807) is 0 Å². The number of benzene rings is 2. The quantitative estimate of drug-likeness (QED) is 0.679. The number of nitro benzene ring substituents is 1. The predicted molar refractivity (Wildman–Crippen MR) is 78.2 cm³/mol. The molecule has 1 N–H and O–H groups in total. The number of carbonyl (C=O) groups excluding carboxylic acids is 1. The summed E-state index contributed by atoms with van der Waals surface area (Å²) < 4.78 is 18.2. The van der Waals surface area contributed by atoms with Gasteiger partial charge in [0.05, 0.1) is 4.92 Å². The van der Waals surface area contributed by atoms with Crippen LogP contribution in [0.25, 0.3) is 0 Å². The zero-order valence-electron chi connectivity index (χ0n) is 11.7. The smallest absolute Gasteiger partial charge is 0.271 e. The summed E-state index contributed by atoms with van der Waals surface area (Å²) >= 11 is 0. The van der Waals surface area contributed by atoms with Crippen LogP contribution in [0.4, 0.5) is 15.8 Å². The molecule has 0 radical (unpaired) electrons. The van der Waals surface area contributed by atoms with Gasteiger partial charge in [0.2, 0.25) is 0 Å². The van der Waals surface area contributed by atoms with Crippen molar-refractivity contribution in [1.29, 1.82) is 0 Å². The van der Waals surface area contributed by atoms with Crippen molar-refractivity contribution in [2.75, 3.05) is 5.32 Å². The van der Waals surface area contributed by atoms with Crippen LogP contribution in [0.15, 0.2) is 48.5 Å². The summed E-state index contributed by atoms with van der Waals surface area (Å²) in [5.41, 5.74) is 0.179. The first-order valence-electron chi connectivity index (χ1n) is 6.43. The van der Waals surface area contributed by atoms with Crippen molar-refractivity contribution < 1.29 is 18.8 Å². The van der Waals surface area contributed by atoms with E-state index in [9.17, 15) is 19.3 Å². The normalized spacial score (nSPS) is 11.5. The minimum Gasteiger partial charge on any atom is -0.481 e. The Labute approximate surface area is 125 Å². The molecule has 2 aromatic carbocycles. The molecule has 22 heavy (non-hydrogen) atoms. The number of ether oxygens (including phenoxy) is 1. The minimum absolute atomic E-state index is 0.120. The van der Waals surface area contributed by atoms with Gasteiger partial charge in [0.25, 0.3) is 11.6 Å². The van der Waals surface area contributed by atoms with Crippen LogP contribution in [0.5, 0.6) is 5.75 Å². The van der Waals surface area contributed by atoms with E-state index >= 15 is 0 Å². The molecule has 6 nitrogen and oxygen atoms in total. The van der Waals surface area contributed by atoms with Gasteiger partial charge in [-0.2, -0.15) is 0 Å². The molecule has 0 aliphatic heterocycles. The Kier molecular flexibility index (Phi) is 4.67. The fourth-order valence-corrected chi connectivity index (χ4v) is 1.71. The highest BCUT2D eigenvalue weighted by Crippen LogP contribution is 2.18. The molecule has 2 rings (SSSR count). The molecule has 2 aromatic rings. The molecular formula is C15H13FN2O4. The second kappa shape index (κ2) is 6.66. The third kappa shape index (κ3) is 4.02. The second-order valence-electron chi connectivity index (χ2n) is 4.51. The van der Waals surface area contributed by atoms with Gasteiger partial charge in [-0.1, -0.05) is 6.07 Å². The monoisotopic (exact) mass is 304 g/mol. The summed E-state index contributed by atoms with van der Waals surface area (Å²) in [6.07, 6.45) is -0.843. The first-order chi connectivity index (χ1) is 10.5. The highest BCUT2D eigenvalue weighted by atomic mass is 19.1. The van der Waals surface area contributed by atoms with Crippen molar-refractivity contribution in [3.63, 3.8) is 0 Å². The molecular weight excluding hydrogens is 291 g/mol. The maximum absolute atomic E-state index is 12.8. The van der Waals surface area contributed by atoms with Crippen molar-refractivity contribution in [2.45, 2.75) is 13.0 Å². The number of nitrogens with zero attached hydrogens (tertiary/aromatic N) is 1. The van der Waals surface area contributed by atoms with Gasteiger partial charge in [-0.25, -0.2) is 4.39 Å². The number of anilines is 1. The lowest BCUT2D eigenvalue weighted by atomic mass is 10.2. The molecule has 0 saturated carbocycles. The second-order valence-corrected chi connectivity index (χ2v) is 4.51. The first kappa shape index (κ1) is 15.4. The molecule has 1 amide bonds. The fraction of sp³-hybridized carbons (Fsp3) is 0.133. The van der Waals surface area contributed by atoms with Crippen LogP contribution in [0.2, 0.25) is 0 Å². The van der Waals surface area contributed by atoms with Crippen LogP contribution in [-0.2, 0) is 4.79 Å². The third-order valence-electron chi connectivity index (χ3n) is 2.82. The van der Waals surface area contributed by atoms with Crippen LogP contribution in [0.3, 0.4) is 0 Å². The lowest BCUT2D eigenvalue weighted by Crippen LogP contribution is -2.30. The Morgan fingerprint density at radius 2 is 1.95 bits per heavy atom. The Bertz CT molecular complexity index is 688. The number of halogens is 1. The Balaban J connectivity index is 2.00. The number of non-ortho nitro benzene ring substituents is 1. The van der Waals surface area contributed by atoms with Gasteiger partial charge in [-0.05, 0) is 37.3 Å². The number of rotatable bonds is 5. The van der Waals surface area contributed by atoms with E-state index in [2.05, 4.69) is 5.32 Å². The van der Waals surface area contributed by atoms with E-state index in [-0.39, 0.29) is 5.69 Å². The zero-order chi connectivity index (χ0) is 16.1. The molecule has 0 bridgehead atoms. The number of nitro groups is 1.